The molecule has 0 fully saturated rings. The van der Waals surface area contributed by atoms with Crippen molar-refractivity contribution in [3.63, 3.8) is 0 Å². The minimum atomic E-state index is -2.39. The molecule has 0 aliphatic heterocycles. The lowest BCUT2D eigenvalue weighted by Gasteiger charge is -1.94. The largest absolute Gasteiger partial charge is 0.272 e. The van der Waals surface area contributed by atoms with Crippen LogP contribution in [0.5, 0.6) is 0 Å². The van der Waals surface area contributed by atoms with E-state index in [9.17, 15) is 8.78 Å². The van der Waals surface area contributed by atoms with E-state index in [0.29, 0.717) is 0 Å². The van der Waals surface area contributed by atoms with E-state index in [2.05, 4.69) is 31.9 Å². The molecule has 0 N–H and O–H groups in total. The van der Waals surface area contributed by atoms with E-state index in [1.807, 2.05) is 12.1 Å². The molecule has 0 bridgehead atoms. The summed E-state index contributed by atoms with van der Waals surface area (Å²) in [7, 11) is 0. The quantitative estimate of drug-likeness (QED) is 0.654. The van der Waals surface area contributed by atoms with Gasteiger partial charge in [-0.1, -0.05) is 15.9 Å². The van der Waals surface area contributed by atoms with Gasteiger partial charge in [-0.05, 0) is 39.5 Å². The highest BCUT2D eigenvalue weighted by Gasteiger charge is 2.13. The van der Waals surface area contributed by atoms with Crippen LogP contribution < -0.4 is 0 Å². The smallest absolute Gasteiger partial charge is 0.204 e. The van der Waals surface area contributed by atoms with Gasteiger partial charge in [-0.25, -0.2) is 8.78 Å². The topological polar surface area (TPSA) is 0 Å². The molecule has 5 heteroatoms. The third-order valence-corrected chi connectivity index (χ3v) is 4.31. The SMILES string of the molecule is FC(F)c1cc2cc(Br)cc(Br)c2s1. The molecule has 0 aliphatic carbocycles. The van der Waals surface area contributed by atoms with Crippen molar-refractivity contribution in [2.24, 2.45) is 0 Å². The molecule has 14 heavy (non-hydrogen) atoms. The first-order valence-corrected chi connectivity index (χ1v) is 6.15. The predicted molar refractivity (Wildman–Crippen MR) is 62.2 cm³/mol. The summed E-state index contributed by atoms with van der Waals surface area (Å²) >= 11 is 7.79. The van der Waals surface area contributed by atoms with Crippen LogP contribution in [0.3, 0.4) is 0 Å². The lowest BCUT2D eigenvalue weighted by atomic mass is 10.2. The minimum Gasteiger partial charge on any atom is -0.204 e. The maximum Gasteiger partial charge on any atom is 0.272 e. The average Bonchev–Trinajstić information content (AvgIpc) is 2.47. The Bertz CT molecular complexity index is 479. The Hall–Kier alpha value is -0.0000000000000000833. The molecular weight excluding hydrogens is 338 g/mol. The Morgan fingerprint density at radius 2 is 1.86 bits per heavy atom. The third-order valence-electron chi connectivity index (χ3n) is 1.77. The van der Waals surface area contributed by atoms with E-state index in [-0.39, 0.29) is 4.88 Å². The van der Waals surface area contributed by atoms with Crippen molar-refractivity contribution in [2.45, 2.75) is 6.43 Å². The summed E-state index contributed by atoms with van der Waals surface area (Å²) < 4.78 is 27.4. The van der Waals surface area contributed by atoms with Crippen LogP contribution in [0.15, 0.2) is 27.1 Å². The number of rotatable bonds is 1. The number of hydrogen-bond acceptors (Lipinski definition) is 1. The van der Waals surface area contributed by atoms with Gasteiger partial charge in [0, 0.05) is 13.6 Å². The first-order valence-electron chi connectivity index (χ1n) is 3.74. The molecule has 0 unspecified atom stereocenters. The van der Waals surface area contributed by atoms with E-state index in [0.717, 1.165) is 30.4 Å². The van der Waals surface area contributed by atoms with E-state index in [1.54, 1.807) is 0 Å². The fourth-order valence-corrected chi connectivity index (χ4v) is 3.61. The molecular formula is C9H4Br2F2S. The van der Waals surface area contributed by atoms with Crippen molar-refractivity contribution in [3.05, 3.63) is 32.0 Å². The van der Waals surface area contributed by atoms with Gasteiger partial charge < -0.3 is 0 Å². The van der Waals surface area contributed by atoms with Crippen molar-refractivity contribution in [1.82, 2.24) is 0 Å². The summed E-state index contributed by atoms with van der Waals surface area (Å²) in [4.78, 5) is 0.110. The highest BCUT2D eigenvalue weighted by Crippen LogP contribution is 2.38. The zero-order valence-corrected chi connectivity index (χ0v) is 10.7. The average molecular weight is 342 g/mol. The van der Waals surface area contributed by atoms with Gasteiger partial charge in [-0.15, -0.1) is 11.3 Å². The first kappa shape index (κ1) is 10.5. The molecule has 74 valence electrons. The Morgan fingerprint density at radius 1 is 1.14 bits per heavy atom. The van der Waals surface area contributed by atoms with Crippen LogP contribution >= 0.6 is 43.2 Å². The lowest BCUT2D eigenvalue weighted by molar-refractivity contribution is 0.156. The maximum absolute atomic E-state index is 12.4. The number of hydrogen-bond donors (Lipinski definition) is 0. The van der Waals surface area contributed by atoms with Gasteiger partial charge in [0.25, 0.3) is 6.43 Å². The summed E-state index contributed by atoms with van der Waals surface area (Å²) in [6, 6.07) is 5.22. The van der Waals surface area contributed by atoms with Crippen LogP contribution in [0.2, 0.25) is 0 Å². The Balaban J connectivity index is 2.70. The molecule has 1 heterocycles. The number of fused-ring (bicyclic) bond motifs is 1. The predicted octanol–water partition coefficient (Wildman–Crippen LogP) is 5.36. The molecule has 2 aromatic rings. The van der Waals surface area contributed by atoms with Crippen molar-refractivity contribution >= 4 is 53.3 Å². The second-order valence-corrected chi connectivity index (χ2v) is 5.61. The van der Waals surface area contributed by atoms with Crippen molar-refractivity contribution < 1.29 is 8.78 Å². The number of thiophene rings is 1. The number of alkyl halides is 2. The molecule has 0 nitrogen and oxygen atoms in total. The van der Waals surface area contributed by atoms with Gasteiger partial charge >= 0.3 is 0 Å². The van der Waals surface area contributed by atoms with Crippen molar-refractivity contribution in [1.29, 1.82) is 0 Å². The molecule has 0 saturated heterocycles. The Kier molecular flexibility index (Phi) is 2.91. The van der Waals surface area contributed by atoms with Crippen LogP contribution in [0.4, 0.5) is 8.78 Å². The number of halogens is 4. The molecule has 0 amide bonds. The molecule has 0 radical (unpaired) electrons. The zero-order chi connectivity index (χ0) is 10.3. The van der Waals surface area contributed by atoms with Crippen LogP contribution in [-0.4, -0.2) is 0 Å². The molecule has 1 aromatic carbocycles. The standard InChI is InChI=1S/C9H4Br2F2S/c10-5-1-4-2-7(9(12)13)14-8(4)6(11)3-5/h1-3,9H. The maximum atomic E-state index is 12.4. The third kappa shape index (κ3) is 1.85. The monoisotopic (exact) mass is 340 g/mol. The molecule has 0 aliphatic rings. The Morgan fingerprint density at radius 3 is 2.50 bits per heavy atom. The van der Waals surface area contributed by atoms with E-state index < -0.39 is 6.43 Å². The van der Waals surface area contributed by atoms with Gasteiger partial charge in [0.2, 0.25) is 0 Å². The summed E-state index contributed by atoms with van der Waals surface area (Å²) in [5.74, 6) is 0. The second-order valence-electron chi connectivity index (χ2n) is 2.76. The van der Waals surface area contributed by atoms with Gasteiger partial charge in [0.05, 0.1) is 4.88 Å². The second kappa shape index (κ2) is 3.87. The van der Waals surface area contributed by atoms with Gasteiger partial charge in [0.1, 0.15) is 0 Å². The summed E-state index contributed by atoms with van der Waals surface area (Å²) in [5, 5.41) is 0.839. The molecule has 0 spiro atoms. The molecule has 1 aromatic heterocycles. The zero-order valence-electron chi connectivity index (χ0n) is 6.73. The van der Waals surface area contributed by atoms with Crippen LogP contribution in [0.1, 0.15) is 11.3 Å². The molecule has 0 atom stereocenters. The highest BCUT2D eigenvalue weighted by molar-refractivity contribution is 9.11. The van der Waals surface area contributed by atoms with Crippen LogP contribution in [0, 0.1) is 0 Å². The van der Waals surface area contributed by atoms with Crippen molar-refractivity contribution in [3.8, 4) is 0 Å². The van der Waals surface area contributed by atoms with Crippen LogP contribution in [-0.2, 0) is 0 Å². The molecule has 2 rings (SSSR count). The van der Waals surface area contributed by atoms with Gasteiger partial charge in [-0.2, -0.15) is 0 Å². The number of benzene rings is 1. The summed E-state index contributed by atoms with van der Waals surface area (Å²) in [5.41, 5.74) is 0. The fourth-order valence-electron chi connectivity index (χ4n) is 1.20. The summed E-state index contributed by atoms with van der Waals surface area (Å²) in [6.45, 7) is 0. The highest BCUT2D eigenvalue weighted by atomic mass is 79.9. The Labute approximate surface area is 100 Å². The summed E-state index contributed by atoms with van der Waals surface area (Å²) in [6.07, 6.45) is -2.39. The molecule has 0 saturated carbocycles. The van der Waals surface area contributed by atoms with E-state index >= 15 is 0 Å². The lowest BCUT2D eigenvalue weighted by Crippen LogP contribution is -1.72. The first-order chi connectivity index (χ1) is 6.58. The van der Waals surface area contributed by atoms with E-state index in [4.69, 9.17) is 0 Å². The van der Waals surface area contributed by atoms with E-state index in [1.165, 1.54) is 6.07 Å². The minimum absolute atomic E-state index is 0.110. The van der Waals surface area contributed by atoms with Gasteiger partial charge in [-0.3, -0.25) is 0 Å². The fraction of sp³-hybridized carbons (Fsp3) is 0.111. The van der Waals surface area contributed by atoms with Gasteiger partial charge in [0.15, 0.2) is 0 Å². The normalized spacial score (nSPS) is 11.5. The van der Waals surface area contributed by atoms with Crippen LogP contribution in [0.25, 0.3) is 10.1 Å². The van der Waals surface area contributed by atoms with Crippen molar-refractivity contribution in [2.75, 3.05) is 0 Å².